The molecule has 0 atom stereocenters. The minimum atomic E-state index is -0.968. The first-order valence-corrected chi connectivity index (χ1v) is 1.19. The molecule has 0 heterocycles. The van der Waals surface area contributed by atoms with Crippen LogP contribution in [-0.2, 0) is 23.4 Å². The van der Waals surface area contributed by atoms with E-state index in [4.69, 9.17) is 5.11 Å². The van der Waals surface area contributed by atoms with Crippen molar-refractivity contribution in [3.8, 4) is 0 Å². The van der Waals surface area contributed by atoms with Crippen LogP contribution in [0.5, 0.6) is 0 Å². The minimum absolute atomic E-state index is 0. The van der Waals surface area contributed by atoms with Crippen molar-refractivity contribution in [1.82, 2.24) is 0 Å². The summed E-state index contributed by atoms with van der Waals surface area (Å²) in [7, 11) is 0. The van der Waals surface area contributed by atoms with E-state index in [0.29, 0.717) is 0 Å². The van der Waals surface area contributed by atoms with Gasteiger partial charge in [-0.3, -0.25) is 4.79 Å². The molecule has 0 saturated heterocycles. The van der Waals surface area contributed by atoms with Gasteiger partial charge >= 0.3 is 5.97 Å². The number of hydrogen-bond acceptors (Lipinski definition) is 2. The van der Waals surface area contributed by atoms with Gasteiger partial charge in [0.2, 0.25) is 0 Å². The first kappa shape index (κ1) is 9.38. The van der Waals surface area contributed by atoms with E-state index in [9.17, 15) is 4.79 Å². The molecule has 0 aliphatic carbocycles. The zero-order chi connectivity index (χ0) is 4.28. The number of aliphatic carboxylic acids is 1. The molecule has 0 aromatic carbocycles. The van der Waals surface area contributed by atoms with Crippen LogP contribution in [0.4, 0.5) is 0 Å². The number of rotatable bonds is 1. The summed E-state index contributed by atoms with van der Waals surface area (Å²) in [6.07, 6.45) is 0. The van der Waals surface area contributed by atoms with E-state index >= 15 is 0 Å². The third-order valence-electron chi connectivity index (χ3n) is 0.175. The number of nitrogens with two attached hydrogens (primary N) is 1. The first-order chi connectivity index (χ1) is 2.27. The molecule has 35 valence electrons. The molecule has 6 heavy (non-hydrogen) atoms. The maximum absolute atomic E-state index is 9.24. The van der Waals surface area contributed by atoms with Crippen molar-refractivity contribution in [2.45, 2.75) is 0 Å². The minimum Gasteiger partial charge on any atom is -0.480 e. The summed E-state index contributed by atoms with van der Waals surface area (Å²) in [5.41, 5.74) is 4.57. The van der Waals surface area contributed by atoms with Gasteiger partial charge in [-0.25, -0.2) is 0 Å². The monoisotopic (exact) mass is 126 g/mol. The number of carboxylic acids is 1. The summed E-state index contributed by atoms with van der Waals surface area (Å²) < 4.78 is 0. The Labute approximate surface area is 47.4 Å². The van der Waals surface area contributed by atoms with Gasteiger partial charge in [0.1, 0.15) is 0 Å². The van der Waals surface area contributed by atoms with Crippen molar-refractivity contribution in [1.29, 1.82) is 0 Å². The number of carbonyl (C=O) groups is 1. The third kappa shape index (κ3) is 8.99. The van der Waals surface area contributed by atoms with Gasteiger partial charge in [-0.2, -0.15) is 0 Å². The second-order valence-corrected chi connectivity index (χ2v) is 0.598. The molecule has 0 aromatic rings. The van der Waals surface area contributed by atoms with E-state index in [2.05, 4.69) is 5.73 Å². The fourth-order valence-corrected chi connectivity index (χ4v) is 0. The molecule has 0 fully saturated rings. The summed E-state index contributed by atoms with van der Waals surface area (Å²) in [5, 5.41) is 7.60. The summed E-state index contributed by atoms with van der Waals surface area (Å²) >= 11 is 0. The average Bonchev–Trinajstić information content (AvgIpc) is 1.38. The van der Waals surface area contributed by atoms with Crippen LogP contribution in [-0.4, -0.2) is 17.6 Å². The van der Waals surface area contributed by atoms with Gasteiger partial charge in [0.25, 0.3) is 0 Å². The number of carboxylic acid groups (broad SMARTS) is 1. The summed E-state index contributed by atoms with van der Waals surface area (Å²) in [5.74, 6) is -0.968. The topological polar surface area (TPSA) is 63.3 Å². The van der Waals surface area contributed by atoms with Crippen LogP contribution in [0.15, 0.2) is 0 Å². The second-order valence-electron chi connectivity index (χ2n) is 0.598. The predicted octanol–water partition coefficient (Wildman–Crippen LogP) is -0.973. The molecule has 3 nitrogen and oxygen atoms in total. The standard InChI is InChI=1S/C2H5NO2.V/c3-1-2(4)5;/h1,3H2,(H,4,5);. The molecule has 0 unspecified atom stereocenters. The van der Waals surface area contributed by atoms with E-state index in [0.717, 1.165) is 0 Å². The van der Waals surface area contributed by atoms with Gasteiger partial charge < -0.3 is 10.8 Å². The molecule has 0 aliphatic heterocycles. The van der Waals surface area contributed by atoms with Crippen LogP contribution in [0.2, 0.25) is 0 Å². The predicted molar refractivity (Wildman–Crippen MR) is 16.7 cm³/mol. The maximum Gasteiger partial charge on any atom is 0.317 e. The molecule has 0 saturated carbocycles. The van der Waals surface area contributed by atoms with E-state index in [1.807, 2.05) is 0 Å². The van der Waals surface area contributed by atoms with Crippen LogP contribution in [0.3, 0.4) is 0 Å². The quantitative estimate of drug-likeness (QED) is 0.475. The molecule has 0 aliphatic rings. The smallest absolute Gasteiger partial charge is 0.317 e. The molecule has 0 bridgehead atoms. The summed E-state index contributed by atoms with van der Waals surface area (Å²) in [6.45, 7) is -0.278. The van der Waals surface area contributed by atoms with Crippen LogP contribution in [0, 0.1) is 0 Å². The van der Waals surface area contributed by atoms with Crippen LogP contribution < -0.4 is 5.73 Å². The van der Waals surface area contributed by atoms with Crippen molar-refractivity contribution >= 4 is 5.97 Å². The molecule has 1 radical (unpaired) electrons. The normalized spacial score (nSPS) is 6.17. The summed E-state index contributed by atoms with van der Waals surface area (Å²) in [4.78, 5) is 9.24. The van der Waals surface area contributed by atoms with Crippen LogP contribution in [0.1, 0.15) is 0 Å². The van der Waals surface area contributed by atoms with Crippen molar-refractivity contribution < 1.29 is 28.5 Å². The van der Waals surface area contributed by atoms with Crippen molar-refractivity contribution in [2.24, 2.45) is 5.73 Å². The SMILES string of the molecule is NCC(=O)O.[V]. The van der Waals surface area contributed by atoms with Gasteiger partial charge in [-0.1, -0.05) is 0 Å². The Morgan fingerprint density at radius 1 is 1.83 bits per heavy atom. The van der Waals surface area contributed by atoms with Gasteiger partial charge in [-0.15, -0.1) is 0 Å². The Bertz CT molecular complexity index is 46.8. The molecular formula is C2H5NO2V. The van der Waals surface area contributed by atoms with E-state index < -0.39 is 5.97 Å². The largest absolute Gasteiger partial charge is 0.480 e. The van der Waals surface area contributed by atoms with E-state index in [1.54, 1.807) is 0 Å². The molecule has 3 N–H and O–H groups in total. The second kappa shape index (κ2) is 5.01. The maximum atomic E-state index is 9.24. The summed E-state index contributed by atoms with van der Waals surface area (Å²) in [6, 6.07) is 0. The fraction of sp³-hybridized carbons (Fsp3) is 0.500. The molecular weight excluding hydrogens is 121 g/mol. The molecule has 0 aromatic heterocycles. The Balaban J connectivity index is 0. The van der Waals surface area contributed by atoms with Crippen LogP contribution in [0.25, 0.3) is 0 Å². The number of hydrogen-bond donors (Lipinski definition) is 2. The van der Waals surface area contributed by atoms with E-state index in [-0.39, 0.29) is 25.1 Å². The van der Waals surface area contributed by atoms with Gasteiger partial charge in [0, 0.05) is 18.6 Å². The fourth-order valence-electron chi connectivity index (χ4n) is 0. The Morgan fingerprint density at radius 3 is 2.00 bits per heavy atom. The van der Waals surface area contributed by atoms with Crippen molar-refractivity contribution in [2.75, 3.05) is 6.54 Å². The Hall–Kier alpha value is 0.0144. The molecule has 0 rings (SSSR count). The molecule has 0 amide bonds. The van der Waals surface area contributed by atoms with E-state index in [1.165, 1.54) is 0 Å². The Morgan fingerprint density at radius 2 is 2.00 bits per heavy atom. The zero-order valence-electron chi connectivity index (χ0n) is 3.09. The zero-order valence-corrected chi connectivity index (χ0v) is 4.48. The Kier molecular flexibility index (Phi) is 7.84. The van der Waals surface area contributed by atoms with Crippen molar-refractivity contribution in [3.63, 3.8) is 0 Å². The molecule has 0 spiro atoms. The first-order valence-electron chi connectivity index (χ1n) is 1.19. The van der Waals surface area contributed by atoms with Gasteiger partial charge in [0.05, 0.1) is 6.54 Å². The third-order valence-corrected chi connectivity index (χ3v) is 0.175. The average molecular weight is 126 g/mol. The molecule has 4 heteroatoms. The van der Waals surface area contributed by atoms with Crippen LogP contribution >= 0.6 is 0 Å². The van der Waals surface area contributed by atoms with Crippen molar-refractivity contribution in [3.05, 3.63) is 0 Å². The van der Waals surface area contributed by atoms with Gasteiger partial charge in [0.15, 0.2) is 0 Å². The van der Waals surface area contributed by atoms with Gasteiger partial charge in [-0.05, 0) is 0 Å².